The number of rotatable bonds is 2. The lowest BCUT2D eigenvalue weighted by Crippen LogP contribution is -2.22. The predicted octanol–water partition coefficient (Wildman–Crippen LogP) is 4.13. The summed E-state index contributed by atoms with van der Waals surface area (Å²) in [5.74, 6) is 1.22. The molecular weight excluding hydrogens is 318 g/mol. The normalized spacial score (nSPS) is 11.1. The molecule has 0 aliphatic rings. The highest BCUT2D eigenvalue weighted by atomic mass is 32.1. The Morgan fingerprint density at radius 1 is 1.04 bits per heavy atom. The molecular formula is C19H15N3OS. The molecule has 0 atom stereocenters. The molecule has 0 amide bonds. The molecule has 0 saturated heterocycles. The number of hydrogen-bond donors (Lipinski definition) is 0. The van der Waals surface area contributed by atoms with Gasteiger partial charge in [0.15, 0.2) is 5.82 Å². The van der Waals surface area contributed by atoms with E-state index in [0.717, 1.165) is 10.4 Å². The Labute approximate surface area is 143 Å². The molecule has 0 radical (unpaired) electrons. The summed E-state index contributed by atoms with van der Waals surface area (Å²) >= 11 is 1.62. The van der Waals surface area contributed by atoms with Crippen LogP contribution in [0, 0.1) is 13.8 Å². The number of thiophene rings is 1. The van der Waals surface area contributed by atoms with Crippen molar-refractivity contribution in [2.24, 2.45) is 0 Å². The number of aryl methyl sites for hydroxylation is 2. The summed E-state index contributed by atoms with van der Waals surface area (Å²) < 4.78 is 1.60. The molecule has 0 spiro atoms. The summed E-state index contributed by atoms with van der Waals surface area (Å²) in [5.41, 5.74) is 1.65. The molecule has 118 valence electrons. The van der Waals surface area contributed by atoms with Gasteiger partial charge in [-0.25, -0.2) is 14.5 Å². The van der Waals surface area contributed by atoms with Gasteiger partial charge in [0.25, 0.3) is 5.56 Å². The van der Waals surface area contributed by atoms with Crippen molar-refractivity contribution in [1.29, 1.82) is 0 Å². The van der Waals surface area contributed by atoms with Crippen molar-refractivity contribution in [1.82, 2.24) is 14.5 Å². The van der Waals surface area contributed by atoms with E-state index in [1.165, 1.54) is 4.88 Å². The Bertz CT molecular complexity index is 1100. The van der Waals surface area contributed by atoms with Crippen LogP contribution in [0.25, 0.3) is 27.4 Å². The zero-order valence-corrected chi connectivity index (χ0v) is 14.2. The van der Waals surface area contributed by atoms with Crippen LogP contribution in [-0.2, 0) is 0 Å². The van der Waals surface area contributed by atoms with Gasteiger partial charge in [0.05, 0.1) is 15.8 Å². The van der Waals surface area contributed by atoms with Crippen LogP contribution in [0.15, 0.2) is 59.5 Å². The molecule has 0 N–H and O–H groups in total. The number of aromatic nitrogens is 3. The summed E-state index contributed by atoms with van der Waals surface area (Å²) in [6, 6.07) is 15.3. The van der Waals surface area contributed by atoms with Crippen molar-refractivity contribution in [3.05, 3.63) is 75.5 Å². The highest BCUT2D eigenvalue weighted by molar-refractivity contribution is 7.15. The van der Waals surface area contributed by atoms with E-state index < -0.39 is 0 Å². The number of benzene rings is 1. The third kappa shape index (κ3) is 2.43. The standard InChI is InChI=1S/C19H15N3OS/c1-12-6-8-15-14(11-12)19(23)22(17-5-3-4-10-20-17)18(21-15)16-9-7-13(2)24-16/h3-11H,1-2H3. The number of fused-ring (bicyclic) bond motifs is 1. The number of hydrogen-bond acceptors (Lipinski definition) is 4. The van der Waals surface area contributed by atoms with E-state index in [2.05, 4.69) is 4.98 Å². The molecule has 0 bridgehead atoms. The van der Waals surface area contributed by atoms with Gasteiger partial charge in [0.2, 0.25) is 0 Å². The summed E-state index contributed by atoms with van der Waals surface area (Å²) in [7, 11) is 0. The molecule has 24 heavy (non-hydrogen) atoms. The first-order valence-electron chi connectivity index (χ1n) is 7.65. The van der Waals surface area contributed by atoms with Gasteiger partial charge in [-0.1, -0.05) is 17.7 Å². The summed E-state index contributed by atoms with van der Waals surface area (Å²) in [6.45, 7) is 4.02. The largest absolute Gasteiger partial charge is 0.268 e. The second kappa shape index (κ2) is 5.69. The van der Waals surface area contributed by atoms with Gasteiger partial charge < -0.3 is 0 Å². The van der Waals surface area contributed by atoms with Crippen LogP contribution in [0.1, 0.15) is 10.4 Å². The van der Waals surface area contributed by atoms with Crippen molar-refractivity contribution in [2.45, 2.75) is 13.8 Å². The smallest absolute Gasteiger partial charge is 0.267 e. The minimum absolute atomic E-state index is 0.0940. The third-order valence-corrected chi connectivity index (χ3v) is 4.86. The predicted molar refractivity (Wildman–Crippen MR) is 97.9 cm³/mol. The van der Waals surface area contributed by atoms with Crippen molar-refractivity contribution in [3.63, 3.8) is 0 Å². The molecule has 1 aromatic carbocycles. The van der Waals surface area contributed by atoms with Crippen molar-refractivity contribution < 1.29 is 0 Å². The van der Waals surface area contributed by atoms with Gasteiger partial charge in [-0.2, -0.15) is 0 Å². The Hall–Kier alpha value is -2.79. The van der Waals surface area contributed by atoms with E-state index in [1.807, 2.05) is 62.4 Å². The van der Waals surface area contributed by atoms with Gasteiger partial charge in [-0.3, -0.25) is 4.79 Å². The van der Waals surface area contributed by atoms with Gasteiger partial charge in [-0.05, 0) is 50.2 Å². The Balaban J connectivity index is 2.13. The summed E-state index contributed by atoms with van der Waals surface area (Å²) in [6.07, 6.45) is 1.69. The minimum atomic E-state index is -0.0940. The van der Waals surface area contributed by atoms with E-state index in [0.29, 0.717) is 22.5 Å². The molecule has 0 fully saturated rings. The van der Waals surface area contributed by atoms with Crippen LogP contribution in [0.3, 0.4) is 0 Å². The molecule has 3 aromatic heterocycles. The lowest BCUT2D eigenvalue weighted by atomic mass is 10.1. The topological polar surface area (TPSA) is 47.8 Å². The molecule has 0 aliphatic carbocycles. The van der Waals surface area contributed by atoms with E-state index in [-0.39, 0.29) is 5.56 Å². The Morgan fingerprint density at radius 2 is 1.92 bits per heavy atom. The third-order valence-electron chi connectivity index (χ3n) is 3.86. The average molecular weight is 333 g/mol. The van der Waals surface area contributed by atoms with Crippen LogP contribution < -0.4 is 5.56 Å². The number of nitrogens with zero attached hydrogens (tertiary/aromatic N) is 3. The van der Waals surface area contributed by atoms with E-state index >= 15 is 0 Å². The fourth-order valence-corrected chi connectivity index (χ4v) is 3.57. The SMILES string of the molecule is Cc1ccc2nc(-c3ccc(C)s3)n(-c3ccccn3)c(=O)c2c1. The minimum Gasteiger partial charge on any atom is -0.268 e. The molecule has 4 aromatic rings. The van der Waals surface area contributed by atoms with Gasteiger partial charge in [0.1, 0.15) is 5.82 Å². The van der Waals surface area contributed by atoms with E-state index in [1.54, 1.807) is 22.1 Å². The number of pyridine rings is 1. The van der Waals surface area contributed by atoms with Crippen molar-refractivity contribution in [3.8, 4) is 16.5 Å². The average Bonchev–Trinajstić information content (AvgIpc) is 3.02. The first-order valence-corrected chi connectivity index (χ1v) is 8.47. The van der Waals surface area contributed by atoms with Gasteiger partial charge in [0, 0.05) is 11.1 Å². The molecule has 4 rings (SSSR count). The Morgan fingerprint density at radius 3 is 2.62 bits per heavy atom. The van der Waals surface area contributed by atoms with E-state index in [9.17, 15) is 4.79 Å². The van der Waals surface area contributed by atoms with Crippen molar-refractivity contribution in [2.75, 3.05) is 0 Å². The van der Waals surface area contributed by atoms with Crippen LogP contribution in [0.2, 0.25) is 0 Å². The maximum atomic E-state index is 13.2. The van der Waals surface area contributed by atoms with Gasteiger partial charge in [-0.15, -0.1) is 11.3 Å². The molecule has 3 heterocycles. The molecule has 0 saturated carbocycles. The fourth-order valence-electron chi connectivity index (χ4n) is 2.72. The van der Waals surface area contributed by atoms with Gasteiger partial charge >= 0.3 is 0 Å². The lowest BCUT2D eigenvalue weighted by Gasteiger charge is -2.12. The zero-order valence-electron chi connectivity index (χ0n) is 13.4. The van der Waals surface area contributed by atoms with Crippen LogP contribution in [0.5, 0.6) is 0 Å². The van der Waals surface area contributed by atoms with Crippen LogP contribution in [-0.4, -0.2) is 14.5 Å². The molecule has 4 nitrogen and oxygen atoms in total. The lowest BCUT2D eigenvalue weighted by molar-refractivity contribution is 0.935. The second-order valence-corrected chi connectivity index (χ2v) is 6.98. The maximum Gasteiger partial charge on any atom is 0.267 e. The first kappa shape index (κ1) is 14.8. The monoisotopic (exact) mass is 333 g/mol. The second-order valence-electron chi connectivity index (χ2n) is 5.69. The van der Waals surface area contributed by atoms with Crippen LogP contribution >= 0.6 is 11.3 Å². The maximum absolute atomic E-state index is 13.2. The Kier molecular flexibility index (Phi) is 3.50. The van der Waals surface area contributed by atoms with E-state index in [4.69, 9.17) is 4.98 Å². The summed E-state index contributed by atoms with van der Waals surface area (Å²) in [4.78, 5) is 24.4. The molecule has 5 heteroatoms. The summed E-state index contributed by atoms with van der Waals surface area (Å²) in [5, 5.41) is 0.609. The molecule has 0 unspecified atom stereocenters. The first-order chi connectivity index (χ1) is 11.6. The molecule has 0 aliphatic heterocycles. The van der Waals surface area contributed by atoms with Crippen molar-refractivity contribution >= 4 is 22.2 Å². The fraction of sp³-hybridized carbons (Fsp3) is 0.105. The highest BCUT2D eigenvalue weighted by Crippen LogP contribution is 2.28. The van der Waals surface area contributed by atoms with Crippen LogP contribution in [0.4, 0.5) is 0 Å². The highest BCUT2D eigenvalue weighted by Gasteiger charge is 2.16. The quantitative estimate of drug-likeness (QED) is 0.554. The zero-order chi connectivity index (χ0) is 16.7.